The first-order valence-electron chi connectivity index (χ1n) is 6.14. The van der Waals surface area contributed by atoms with Gasteiger partial charge < -0.3 is 5.11 Å². The zero-order valence-electron chi connectivity index (χ0n) is 10.5. The van der Waals surface area contributed by atoms with E-state index in [1.54, 1.807) is 22.7 Å². The van der Waals surface area contributed by atoms with Crippen LogP contribution in [0.5, 0.6) is 0 Å². The first kappa shape index (κ1) is 13.7. The molecule has 0 unspecified atom stereocenters. The molecule has 3 aromatic heterocycles. The second-order valence-corrected chi connectivity index (χ2v) is 7.43. The molecular weight excluding hydrogens is 308 g/mol. The van der Waals surface area contributed by atoms with E-state index in [2.05, 4.69) is 17.5 Å². The summed E-state index contributed by atoms with van der Waals surface area (Å²) in [6, 6.07) is 10.1. The molecule has 0 aliphatic rings. The molecule has 0 aliphatic heterocycles. The Kier molecular flexibility index (Phi) is 4.12. The van der Waals surface area contributed by atoms with Gasteiger partial charge in [-0.3, -0.25) is 4.79 Å². The Morgan fingerprint density at radius 3 is 2.70 bits per heavy atom. The largest absolute Gasteiger partial charge is 0.396 e. The van der Waals surface area contributed by atoms with Crippen LogP contribution in [0, 0.1) is 0 Å². The summed E-state index contributed by atoms with van der Waals surface area (Å²) in [4.78, 5) is 16.3. The van der Waals surface area contributed by atoms with Crippen LogP contribution >= 0.6 is 34.0 Å². The molecule has 0 bridgehead atoms. The summed E-state index contributed by atoms with van der Waals surface area (Å²) in [7, 11) is 0. The maximum Gasteiger partial charge on any atom is 0.160 e. The van der Waals surface area contributed by atoms with Crippen LogP contribution in [0.1, 0.15) is 14.5 Å². The second-order valence-electron chi connectivity index (χ2n) is 4.23. The molecule has 1 N–H and O–H groups in total. The van der Waals surface area contributed by atoms with Crippen molar-refractivity contribution >= 4 is 40.3 Å². The van der Waals surface area contributed by atoms with Gasteiger partial charge in [0.15, 0.2) is 6.29 Å². The number of aliphatic hydroxyl groups excluding tert-OH is 1. The van der Waals surface area contributed by atoms with Gasteiger partial charge in [0.25, 0.3) is 0 Å². The van der Waals surface area contributed by atoms with E-state index >= 15 is 0 Å². The summed E-state index contributed by atoms with van der Waals surface area (Å²) >= 11 is 4.94. The molecular formula is C15H12O2S3. The minimum Gasteiger partial charge on any atom is -0.396 e. The Balaban J connectivity index is 2.10. The number of hydrogen-bond donors (Lipinski definition) is 1. The van der Waals surface area contributed by atoms with Crippen LogP contribution in [0.3, 0.4) is 0 Å². The summed E-state index contributed by atoms with van der Waals surface area (Å²) < 4.78 is 0. The van der Waals surface area contributed by atoms with E-state index in [1.807, 2.05) is 18.2 Å². The Labute approximate surface area is 129 Å². The molecule has 20 heavy (non-hydrogen) atoms. The molecule has 3 heterocycles. The standard InChI is InChI=1S/C15H12O2S3/c16-6-5-10-8-12(13-4-3-11(9-17)19-13)15(20-10)14-2-1-7-18-14/h1-4,7-9,16H,5-6H2. The SMILES string of the molecule is O=Cc1ccc(-c2cc(CCO)sc2-c2cccs2)s1. The Hall–Kier alpha value is -1.27. The topological polar surface area (TPSA) is 37.3 Å². The normalized spacial score (nSPS) is 10.8. The lowest BCUT2D eigenvalue weighted by molar-refractivity contribution is 0.112. The third-order valence-electron chi connectivity index (χ3n) is 2.89. The lowest BCUT2D eigenvalue weighted by atomic mass is 10.1. The quantitative estimate of drug-likeness (QED) is 0.700. The second kappa shape index (κ2) is 6.01. The van der Waals surface area contributed by atoms with Gasteiger partial charge in [-0.05, 0) is 29.6 Å². The summed E-state index contributed by atoms with van der Waals surface area (Å²) in [6.07, 6.45) is 1.56. The highest BCUT2D eigenvalue weighted by molar-refractivity contribution is 7.22. The highest BCUT2D eigenvalue weighted by Gasteiger charge is 2.15. The van der Waals surface area contributed by atoms with Crippen LogP contribution in [0.15, 0.2) is 35.7 Å². The molecule has 0 saturated heterocycles. The third kappa shape index (κ3) is 2.62. The van der Waals surface area contributed by atoms with E-state index < -0.39 is 0 Å². The summed E-state index contributed by atoms with van der Waals surface area (Å²) in [5.41, 5.74) is 1.17. The van der Waals surface area contributed by atoms with Crippen LogP contribution < -0.4 is 0 Å². The number of carbonyl (C=O) groups excluding carboxylic acids is 1. The van der Waals surface area contributed by atoms with Gasteiger partial charge in [-0.2, -0.15) is 0 Å². The van der Waals surface area contributed by atoms with Crippen molar-refractivity contribution in [2.24, 2.45) is 0 Å². The lowest BCUT2D eigenvalue weighted by Crippen LogP contribution is -1.84. The highest BCUT2D eigenvalue weighted by Crippen LogP contribution is 2.43. The number of carbonyl (C=O) groups is 1. The van der Waals surface area contributed by atoms with Crippen molar-refractivity contribution in [1.29, 1.82) is 0 Å². The zero-order valence-corrected chi connectivity index (χ0v) is 13.0. The van der Waals surface area contributed by atoms with Crippen LogP contribution in [0.25, 0.3) is 20.2 Å². The molecule has 102 valence electrons. The molecule has 3 aromatic rings. The predicted octanol–water partition coefficient (Wildman–Crippen LogP) is 4.55. The van der Waals surface area contributed by atoms with Gasteiger partial charge in [-0.15, -0.1) is 34.0 Å². The maximum atomic E-state index is 10.9. The molecule has 0 aliphatic carbocycles. The lowest BCUT2D eigenvalue weighted by Gasteiger charge is -1.97. The number of hydrogen-bond acceptors (Lipinski definition) is 5. The van der Waals surface area contributed by atoms with Crippen molar-refractivity contribution in [2.45, 2.75) is 6.42 Å². The fourth-order valence-electron chi connectivity index (χ4n) is 2.01. The molecule has 0 saturated carbocycles. The highest BCUT2D eigenvalue weighted by atomic mass is 32.1. The number of thiophene rings is 3. The van der Waals surface area contributed by atoms with E-state index in [1.165, 1.54) is 31.5 Å². The Morgan fingerprint density at radius 1 is 1.15 bits per heavy atom. The maximum absolute atomic E-state index is 10.9. The summed E-state index contributed by atoms with van der Waals surface area (Å²) in [6.45, 7) is 0.161. The molecule has 2 nitrogen and oxygen atoms in total. The van der Waals surface area contributed by atoms with E-state index in [9.17, 15) is 4.79 Å². The van der Waals surface area contributed by atoms with Gasteiger partial charge in [0.1, 0.15) is 0 Å². The van der Waals surface area contributed by atoms with E-state index in [-0.39, 0.29) is 6.61 Å². The van der Waals surface area contributed by atoms with Crippen molar-refractivity contribution in [2.75, 3.05) is 6.61 Å². The first-order valence-corrected chi connectivity index (χ1v) is 8.66. The van der Waals surface area contributed by atoms with Gasteiger partial charge in [-0.25, -0.2) is 0 Å². The molecule has 3 rings (SSSR count). The summed E-state index contributed by atoms with van der Waals surface area (Å²) in [5.74, 6) is 0. The van der Waals surface area contributed by atoms with E-state index in [0.29, 0.717) is 6.42 Å². The van der Waals surface area contributed by atoms with Gasteiger partial charge >= 0.3 is 0 Å². The smallest absolute Gasteiger partial charge is 0.160 e. The van der Waals surface area contributed by atoms with Gasteiger partial charge in [0.2, 0.25) is 0 Å². The van der Waals surface area contributed by atoms with Crippen LogP contribution in [-0.2, 0) is 6.42 Å². The van der Waals surface area contributed by atoms with E-state index in [0.717, 1.165) is 16.0 Å². The summed E-state index contributed by atoms with van der Waals surface area (Å²) in [5, 5.41) is 11.2. The molecule has 0 radical (unpaired) electrons. The predicted molar refractivity (Wildman–Crippen MR) is 87.1 cm³/mol. The van der Waals surface area contributed by atoms with Crippen LogP contribution in [-0.4, -0.2) is 18.0 Å². The van der Waals surface area contributed by atoms with Crippen molar-refractivity contribution in [3.8, 4) is 20.2 Å². The van der Waals surface area contributed by atoms with Crippen molar-refractivity contribution in [3.05, 3.63) is 45.5 Å². The van der Waals surface area contributed by atoms with Gasteiger partial charge in [0, 0.05) is 33.2 Å². The number of aldehydes is 1. The molecule has 0 aromatic carbocycles. The van der Waals surface area contributed by atoms with E-state index in [4.69, 9.17) is 5.11 Å². The first-order chi connectivity index (χ1) is 9.81. The fraction of sp³-hybridized carbons (Fsp3) is 0.133. The zero-order chi connectivity index (χ0) is 13.9. The monoisotopic (exact) mass is 320 g/mol. The fourth-order valence-corrected chi connectivity index (χ4v) is 4.95. The van der Waals surface area contributed by atoms with Gasteiger partial charge in [0.05, 0.1) is 9.75 Å². The van der Waals surface area contributed by atoms with Crippen LogP contribution in [0.2, 0.25) is 0 Å². The number of aliphatic hydroxyl groups is 1. The Bertz CT molecular complexity index is 707. The Morgan fingerprint density at radius 2 is 2.05 bits per heavy atom. The minimum absolute atomic E-state index is 0.161. The average Bonchev–Trinajstić information content (AvgIpc) is 3.18. The molecule has 0 atom stereocenters. The minimum atomic E-state index is 0.161. The third-order valence-corrected chi connectivity index (χ3v) is 6.18. The van der Waals surface area contributed by atoms with Crippen molar-refractivity contribution in [3.63, 3.8) is 0 Å². The average molecular weight is 320 g/mol. The molecule has 5 heteroatoms. The van der Waals surface area contributed by atoms with Crippen LogP contribution in [0.4, 0.5) is 0 Å². The van der Waals surface area contributed by atoms with Crippen molar-refractivity contribution < 1.29 is 9.90 Å². The van der Waals surface area contributed by atoms with Crippen molar-refractivity contribution in [1.82, 2.24) is 0 Å². The number of rotatable bonds is 5. The molecule has 0 amide bonds. The van der Waals surface area contributed by atoms with Gasteiger partial charge in [-0.1, -0.05) is 6.07 Å². The molecule has 0 spiro atoms. The molecule has 0 fully saturated rings.